The minimum atomic E-state index is -1.15. The molecular formula is C11H14N4O4S. The minimum absolute atomic E-state index is 0.0697. The molecule has 108 valence electrons. The van der Waals surface area contributed by atoms with Gasteiger partial charge < -0.3 is 15.8 Å². The monoisotopic (exact) mass is 298 g/mol. The maximum absolute atomic E-state index is 11.7. The number of nitrogens with one attached hydrogen (secondary N) is 2. The summed E-state index contributed by atoms with van der Waals surface area (Å²) in [6, 6.07) is -1.01. The number of nitrogens with two attached hydrogens (primary N) is 1. The summed E-state index contributed by atoms with van der Waals surface area (Å²) in [7, 11) is 0. The lowest BCUT2D eigenvalue weighted by molar-refractivity contribution is -0.127. The fourth-order valence-electron chi connectivity index (χ4n) is 1.11. The molecule has 0 saturated carbocycles. The Bertz CT molecular complexity index is 528. The SMILES string of the molecule is C=CCNc1nc(C(=O)O[C@H](C)C(=O)NC(N)=O)cs1. The van der Waals surface area contributed by atoms with Gasteiger partial charge >= 0.3 is 12.0 Å². The predicted octanol–water partition coefficient (Wildman–Crippen LogP) is 0.481. The Kier molecular flexibility index (Phi) is 5.66. The number of ether oxygens (including phenoxy) is 1. The van der Waals surface area contributed by atoms with Gasteiger partial charge in [0.1, 0.15) is 0 Å². The zero-order valence-electron chi connectivity index (χ0n) is 10.7. The first-order chi connectivity index (χ1) is 9.43. The Hall–Kier alpha value is -2.42. The van der Waals surface area contributed by atoms with E-state index in [-0.39, 0.29) is 5.69 Å². The predicted molar refractivity (Wildman–Crippen MR) is 73.4 cm³/mol. The number of carbonyl (C=O) groups excluding carboxylic acids is 3. The number of amides is 3. The Morgan fingerprint density at radius 2 is 2.30 bits per heavy atom. The second kappa shape index (κ2) is 7.24. The van der Waals surface area contributed by atoms with Crippen molar-refractivity contribution in [2.75, 3.05) is 11.9 Å². The molecule has 9 heteroatoms. The van der Waals surface area contributed by atoms with Crippen LogP contribution in [0.15, 0.2) is 18.0 Å². The third kappa shape index (κ3) is 4.69. The number of thiazole rings is 1. The molecule has 0 unspecified atom stereocenters. The number of urea groups is 1. The van der Waals surface area contributed by atoms with E-state index in [0.29, 0.717) is 11.7 Å². The highest BCUT2D eigenvalue weighted by Crippen LogP contribution is 2.16. The summed E-state index contributed by atoms with van der Waals surface area (Å²) in [5.41, 5.74) is 4.85. The first-order valence-corrected chi connectivity index (χ1v) is 6.43. The van der Waals surface area contributed by atoms with Crippen LogP contribution < -0.4 is 16.4 Å². The molecule has 0 spiro atoms. The Labute approximate surface area is 119 Å². The standard InChI is InChI=1S/C11H14N4O4S/c1-3-4-13-11-14-7(5-20-11)9(17)19-6(2)8(16)15-10(12)18/h3,5-6H,1,4H2,2H3,(H,13,14)(H3,12,15,16,18)/t6-/m1/s1. The van der Waals surface area contributed by atoms with E-state index in [1.54, 1.807) is 6.08 Å². The molecule has 1 atom stereocenters. The molecule has 8 nitrogen and oxygen atoms in total. The van der Waals surface area contributed by atoms with Crippen LogP contribution in [-0.4, -0.2) is 35.5 Å². The average molecular weight is 298 g/mol. The van der Waals surface area contributed by atoms with Crippen molar-refractivity contribution in [2.24, 2.45) is 5.73 Å². The molecular weight excluding hydrogens is 284 g/mol. The molecule has 0 radical (unpaired) electrons. The number of primary amides is 1. The molecule has 20 heavy (non-hydrogen) atoms. The number of imide groups is 1. The topological polar surface area (TPSA) is 123 Å². The lowest BCUT2D eigenvalue weighted by Crippen LogP contribution is -2.42. The van der Waals surface area contributed by atoms with Gasteiger partial charge in [-0.1, -0.05) is 6.08 Å². The number of carbonyl (C=O) groups is 3. The van der Waals surface area contributed by atoms with E-state index in [1.165, 1.54) is 23.6 Å². The lowest BCUT2D eigenvalue weighted by atomic mass is 10.3. The summed E-state index contributed by atoms with van der Waals surface area (Å²) in [5.74, 6) is -1.56. The fraction of sp³-hybridized carbons (Fsp3) is 0.273. The van der Waals surface area contributed by atoms with Crippen molar-refractivity contribution in [1.29, 1.82) is 0 Å². The number of aromatic nitrogens is 1. The summed E-state index contributed by atoms with van der Waals surface area (Å²) >= 11 is 1.22. The van der Waals surface area contributed by atoms with Gasteiger partial charge in [-0.25, -0.2) is 14.6 Å². The molecule has 0 fully saturated rings. The van der Waals surface area contributed by atoms with Crippen LogP contribution in [0.5, 0.6) is 0 Å². The molecule has 0 aliphatic carbocycles. The normalized spacial score (nSPS) is 11.2. The zero-order valence-corrected chi connectivity index (χ0v) is 11.5. The molecule has 4 N–H and O–H groups in total. The highest BCUT2D eigenvalue weighted by atomic mass is 32.1. The van der Waals surface area contributed by atoms with Gasteiger partial charge in [0.15, 0.2) is 16.9 Å². The first kappa shape index (κ1) is 15.6. The van der Waals surface area contributed by atoms with Crippen molar-refractivity contribution in [1.82, 2.24) is 10.3 Å². The van der Waals surface area contributed by atoms with Crippen LogP contribution in [0.25, 0.3) is 0 Å². The fourth-order valence-corrected chi connectivity index (χ4v) is 1.80. The van der Waals surface area contributed by atoms with Crippen LogP contribution in [0, 0.1) is 0 Å². The maximum atomic E-state index is 11.7. The summed E-state index contributed by atoms with van der Waals surface area (Å²) in [5, 5.41) is 6.75. The second-order valence-corrected chi connectivity index (χ2v) is 4.47. The number of anilines is 1. The van der Waals surface area contributed by atoms with E-state index in [0.717, 1.165) is 0 Å². The van der Waals surface area contributed by atoms with Gasteiger partial charge in [0.2, 0.25) is 0 Å². The van der Waals surface area contributed by atoms with Gasteiger partial charge in [-0.05, 0) is 6.92 Å². The van der Waals surface area contributed by atoms with Crippen molar-refractivity contribution in [3.63, 3.8) is 0 Å². The zero-order chi connectivity index (χ0) is 15.1. The van der Waals surface area contributed by atoms with Crippen LogP contribution in [0.3, 0.4) is 0 Å². The van der Waals surface area contributed by atoms with Crippen LogP contribution >= 0.6 is 11.3 Å². The minimum Gasteiger partial charge on any atom is -0.448 e. The van der Waals surface area contributed by atoms with Crippen molar-refractivity contribution in [3.8, 4) is 0 Å². The van der Waals surface area contributed by atoms with Gasteiger partial charge in [0.05, 0.1) is 0 Å². The largest absolute Gasteiger partial charge is 0.448 e. The number of esters is 1. The van der Waals surface area contributed by atoms with E-state index in [1.807, 2.05) is 5.32 Å². The molecule has 1 aromatic heterocycles. The number of hydrogen-bond donors (Lipinski definition) is 3. The van der Waals surface area contributed by atoms with Gasteiger partial charge in [-0.3, -0.25) is 10.1 Å². The summed E-state index contributed by atoms with van der Waals surface area (Å²) in [6.07, 6.45) is 0.497. The number of rotatable bonds is 6. The molecule has 0 bridgehead atoms. The molecule has 0 aromatic carbocycles. The molecule has 0 aliphatic heterocycles. The van der Waals surface area contributed by atoms with Crippen LogP contribution in [0.1, 0.15) is 17.4 Å². The van der Waals surface area contributed by atoms with E-state index < -0.39 is 24.0 Å². The quantitative estimate of drug-likeness (QED) is 0.518. The van der Waals surface area contributed by atoms with E-state index in [2.05, 4.69) is 16.9 Å². The van der Waals surface area contributed by atoms with Crippen molar-refractivity contribution in [2.45, 2.75) is 13.0 Å². The van der Waals surface area contributed by atoms with Crippen molar-refractivity contribution in [3.05, 3.63) is 23.7 Å². The van der Waals surface area contributed by atoms with Gasteiger partial charge in [0.25, 0.3) is 5.91 Å². The van der Waals surface area contributed by atoms with Crippen molar-refractivity contribution >= 4 is 34.4 Å². The van der Waals surface area contributed by atoms with Gasteiger partial charge in [-0.2, -0.15) is 0 Å². The van der Waals surface area contributed by atoms with E-state index in [9.17, 15) is 14.4 Å². The summed E-state index contributed by atoms with van der Waals surface area (Å²) in [4.78, 5) is 37.5. The van der Waals surface area contributed by atoms with Crippen LogP contribution in [0.4, 0.5) is 9.93 Å². The maximum Gasteiger partial charge on any atom is 0.358 e. The molecule has 0 aliphatic rings. The third-order valence-corrected chi connectivity index (χ3v) is 2.81. The molecule has 1 rings (SSSR count). The molecule has 0 saturated heterocycles. The Morgan fingerprint density at radius 3 is 2.90 bits per heavy atom. The van der Waals surface area contributed by atoms with E-state index >= 15 is 0 Å². The lowest BCUT2D eigenvalue weighted by Gasteiger charge is -2.10. The van der Waals surface area contributed by atoms with Crippen LogP contribution in [0.2, 0.25) is 0 Å². The third-order valence-electron chi connectivity index (χ3n) is 2.01. The summed E-state index contributed by atoms with van der Waals surface area (Å²) in [6.45, 7) is 5.37. The first-order valence-electron chi connectivity index (χ1n) is 5.55. The van der Waals surface area contributed by atoms with Crippen molar-refractivity contribution < 1.29 is 19.1 Å². The molecule has 1 heterocycles. The Morgan fingerprint density at radius 1 is 1.60 bits per heavy atom. The van der Waals surface area contributed by atoms with Gasteiger partial charge in [-0.15, -0.1) is 17.9 Å². The smallest absolute Gasteiger partial charge is 0.358 e. The highest BCUT2D eigenvalue weighted by molar-refractivity contribution is 7.13. The number of hydrogen-bond acceptors (Lipinski definition) is 7. The molecule has 1 aromatic rings. The second-order valence-electron chi connectivity index (χ2n) is 3.61. The van der Waals surface area contributed by atoms with E-state index in [4.69, 9.17) is 10.5 Å². The summed E-state index contributed by atoms with van der Waals surface area (Å²) < 4.78 is 4.85. The van der Waals surface area contributed by atoms with Gasteiger partial charge in [0, 0.05) is 11.9 Å². The highest BCUT2D eigenvalue weighted by Gasteiger charge is 2.21. The average Bonchev–Trinajstić information content (AvgIpc) is 2.84. The number of nitrogens with zero attached hydrogens (tertiary/aromatic N) is 1. The molecule has 3 amide bonds. The Balaban J connectivity index is 2.57. The van der Waals surface area contributed by atoms with Crippen LogP contribution in [-0.2, 0) is 9.53 Å².